The maximum Gasteiger partial charge on any atom is 0.336 e. The van der Waals surface area contributed by atoms with Gasteiger partial charge in [0.15, 0.2) is 6.10 Å². The van der Waals surface area contributed by atoms with E-state index in [1.165, 1.54) is 24.8 Å². The van der Waals surface area contributed by atoms with Crippen LogP contribution in [0.5, 0.6) is 5.75 Å². The van der Waals surface area contributed by atoms with Gasteiger partial charge in [0.2, 0.25) is 0 Å². The van der Waals surface area contributed by atoms with Gasteiger partial charge < -0.3 is 24.4 Å². The topological polar surface area (TPSA) is 109 Å². The van der Waals surface area contributed by atoms with Gasteiger partial charge >= 0.3 is 5.63 Å². The molecule has 158 valence electrons. The third kappa shape index (κ3) is 5.76. The minimum atomic E-state index is -1.33. The van der Waals surface area contributed by atoms with Gasteiger partial charge in [0.05, 0.1) is 12.0 Å². The zero-order valence-corrected chi connectivity index (χ0v) is 17.9. The molecule has 1 amide bonds. The number of benzene rings is 1. The maximum absolute atomic E-state index is 12.4. The van der Waals surface area contributed by atoms with Gasteiger partial charge in [-0.1, -0.05) is 13.3 Å². The highest BCUT2D eigenvalue weighted by atomic mass is 32.2. The fraction of sp³-hybridized carbons (Fsp3) is 0.476. The van der Waals surface area contributed by atoms with E-state index in [2.05, 4.69) is 5.32 Å². The predicted molar refractivity (Wildman–Crippen MR) is 111 cm³/mol. The lowest BCUT2D eigenvalue weighted by Crippen LogP contribution is -2.51. The van der Waals surface area contributed by atoms with Gasteiger partial charge in [-0.3, -0.25) is 4.79 Å². The normalized spacial score (nSPS) is 13.1. The molecule has 0 aliphatic carbocycles. The number of aryl methyl sites for hydroxylation is 2. The summed E-state index contributed by atoms with van der Waals surface area (Å²) in [5, 5.41) is 14.5. The molecule has 0 bridgehead atoms. The molecule has 1 N–H and O–H groups in total. The fourth-order valence-electron chi connectivity index (χ4n) is 3.03. The van der Waals surface area contributed by atoms with E-state index in [1.54, 1.807) is 19.1 Å². The molecule has 2 aromatic rings. The Hall–Kier alpha value is -2.48. The highest BCUT2D eigenvalue weighted by Crippen LogP contribution is 2.29. The summed E-state index contributed by atoms with van der Waals surface area (Å²) < 4.78 is 11.1. The Bertz CT molecular complexity index is 939. The molecule has 2 atom stereocenters. The summed E-state index contributed by atoms with van der Waals surface area (Å²) in [5.41, 5.74) is 1.51. The van der Waals surface area contributed by atoms with E-state index in [-0.39, 0.29) is 6.42 Å². The highest BCUT2D eigenvalue weighted by molar-refractivity contribution is 7.98. The first kappa shape index (κ1) is 22.8. The van der Waals surface area contributed by atoms with Crippen molar-refractivity contribution in [1.82, 2.24) is 5.32 Å². The number of aliphatic carboxylic acids is 1. The molecule has 1 aromatic carbocycles. The van der Waals surface area contributed by atoms with Crippen LogP contribution in [0.4, 0.5) is 0 Å². The summed E-state index contributed by atoms with van der Waals surface area (Å²) in [6, 6.07) is 3.95. The van der Waals surface area contributed by atoms with Gasteiger partial charge in [-0.2, -0.15) is 11.8 Å². The lowest BCUT2D eigenvalue weighted by molar-refractivity contribution is -0.308. The first-order chi connectivity index (χ1) is 13.8. The molecule has 1 aromatic heterocycles. The molecule has 0 aliphatic rings. The van der Waals surface area contributed by atoms with E-state index < -0.39 is 29.6 Å². The molecule has 0 saturated heterocycles. The zero-order valence-electron chi connectivity index (χ0n) is 17.1. The van der Waals surface area contributed by atoms with Gasteiger partial charge in [0.25, 0.3) is 5.91 Å². The van der Waals surface area contributed by atoms with Gasteiger partial charge in [-0.15, -0.1) is 0 Å². The smallest absolute Gasteiger partial charge is 0.336 e. The first-order valence-corrected chi connectivity index (χ1v) is 10.9. The van der Waals surface area contributed by atoms with E-state index in [4.69, 9.17) is 9.15 Å². The highest BCUT2D eigenvalue weighted by Gasteiger charge is 2.21. The Morgan fingerprint density at radius 2 is 2.07 bits per heavy atom. The molecule has 0 unspecified atom stereocenters. The second-order valence-electron chi connectivity index (χ2n) is 6.83. The van der Waals surface area contributed by atoms with Crippen LogP contribution in [0, 0.1) is 6.92 Å². The van der Waals surface area contributed by atoms with Gasteiger partial charge in [-0.05, 0) is 56.4 Å². The van der Waals surface area contributed by atoms with Gasteiger partial charge in [0, 0.05) is 17.0 Å². The number of hydrogen-bond donors (Lipinski definition) is 1. The van der Waals surface area contributed by atoms with Crippen molar-refractivity contribution in [2.75, 3.05) is 12.0 Å². The number of fused-ring (bicyclic) bond motifs is 1. The van der Waals surface area contributed by atoms with Crippen molar-refractivity contribution in [2.45, 2.75) is 52.2 Å². The monoisotopic (exact) mass is 420 g/mol. The van der Waals surface area contributed by atoms with Crippen LogP contribution in [-0.4, -0.2) is 36.0 Å². The molecular weight excluding hydrogens is 394 g/mol. The molecule has 8 heteroatoms. The van der Waals surface area contributed by atoms with Crippen molar-refractivity contribution in [3.05, 3.63) is 39.7 Å². The van der Waals surface area contributed by atoms with Crippen LogP contribution in [-0.2, 0) is 16.0 Å². The Morgan fingerprint density at radius 3 is 2.69 bits per heavy atom. The van der Waals surface area contributed by atoms with Crippen molar-refractivity contribution in [3.63, 3.8) is 0 Å². The number of thioether (sulfide) groups is 1. The van der Waals surface area contributed by atoms with Crippen molar-refractivity contribution >= 4 is 34.6 Å². The molecule has 29 heavy (non-hydrogen) atoms. The number of hydrogen-bond acceptors (Lipinski definition) is 7. The summed E-state index contributed by atoms with van der Waals surface area (Å²) >= 11 is 1.48. The summed E-state index contributed by atoms with van der Waals surface area (Å²) in [7, 11) is 0. The number of nitrogens with one attached hydrogen (secondary N) is 1. The van der Waals surface area contributed by atoms with E-state index >= 15 is 0 Å². The molecule has 0 radical (unpaired) electrons. The minimum absolute atomic E-state index is 0.266. The molecule has 1 heterocycles. The quantitative estimate of drug-likeness (QED) is 0.584. The molecule has 0 aliphatic heterocycles. The van der Waals surface area contributed by atoms with Crippen LogP contribution in [0.1, 0.15) is 37.8 Å². The predicted octanol–water partition coefficient (Wildman–Crippen LogP) is 1.81. The van der Waals surface area contributed by atoms with E-state index in [0.29, 0.717) is 22.6 Å². The average molecular weight is 421 g/mol. The second-order valence-corrected chi connectivity index (χ2v) is 7.81. The third-order valence-electron chi connectivity index (χ3n) is 4.60. The summed E-state index contributed by atoms with van der Waals surface area (Å²) in [5.74, 6) is -0.907. The van der Waals surface area contributed by atoms with Crippen LogP contribution in [0.3, 0.4) is 0 Å². The van der Waals surface area contributed by atoms with E-state index in [0.717, 1.165) is 23.8 Å². The lowest BCUT2D eigenvalue weighted by Gasteiger charge is -2.22. The number of ether oxygens (including phenoxy) is 1. The Balaban J connectivity index is 2.22. The maximum atomic E-state index is 12.4. The van der Waals surface area contributed by atoms with Crippen LogP contribution in [0.15, 0.2) is 27.4 Å². The van der Waals surface area contributed by atoms with E-state index in [9.17, 15) is 19.5 Å². The molecule has 0 spiro atoms. The van der Waals surface area contributed by atoms with Crippen LogP contribution < -0.4 is 20.8 Å². The van der Waals surface area contributed by atoms with Crippen molar-refractivity contribution in [2.24, 2.45) is 0 Å². The van der Waals surface area contributed by atoms with Crippen LogP contribution in [0.2, 0.25) is 0 Å². The van der Waals surface area contributed by atoms with Crippen molar-refractivity contribution in [3.8, 4) is 5.75 Å². The number of carboxylic acids is 1. The molecule has 0 saturated carbocycles. The van der Waals surface area contributed by atoms with E-state index in [1.807, 2.05) is 13.2 Å². The van der Waals surface area contributed by atoms with Crippen LogP contribution in [0.25, 0.3) is 11.0 Å². The number of carboxylic acid groups (broad SMARTS) is 1. The largest absolute Gasteiger partial charge is 0.548 e. The fourth-order valence-corrected chi connectivity index (χ4v) is 3.50. The Morgan fingerprint density at radius 1 is 1.34 bits per heavy atom. The molecule has 2 rings (SSSR count). The average Bonchev–Trinajstić information content (AvgIpc) is 2.67. The number of carbonyl (C=O) groups excluding carboxylic acids is 2. The second kappa shape index (κ2) is 10.3. The summed E-state index contributed by atoms with van der Waals surface area (Å²) in [4.78, 5) is 35.5. The van der Waals surface area contributed by atoms with Crippen molar-refractivity contribution < 1.29 is 23.8 Å². The Labute approximate surface area is 173 Å². The SMILES string of the molecule is CCCc1cc(=O)oc2c(C)c(O[C@H](C)C(=O)N[C@@H](CCSC)C(=O)[O-])ccc12. The standard InChI is InChI=1S/C21H27NO6S/c1-5-6-14-11-18(23)28-19-12(2)17(8-7-15(14)19)27-13(3)20(24)22-16(21(25)26)9-10-29-4/h7-8,11,13,16H,5-6,9-10H2,1-4H3,(H,22,24)(H,25,26)/p-1/t13-,16+/m1/s1. The third-order valence-corrected chi connectivity index (χ3v) is 5.24. The Kier molecular flexibility index (Phi) is 8.13. The lowest BCUT2D eigenvalue weighted by atomic mass is 10.0. The molecular formula is C21H26NO6S-. The molecule has 0 fully saturated rings. The van der Waals surface area contributed by atoms with Crippen molar-refractivity contribution in [1.29, 1.82) is 0 Å². The van der Waals surface area contributed by atoms with Gasteiger partial charge in [0.1, 0.15) is 11.3 Å². The number of carbonyl (C=O) groups is 2. The minimum Gasteiger partial charge on any atom is -0.548 e. The van der Waals surface area contributed by atoms with Gasteiger partial charge in [-0.25, -0.2) is 4.79 Å². The zero-order chi connectivity index (χ0) is 21.6. The number of amides is 1. The first-order valence-electron chi connectivity index (χ1n) is 9.51. The summed E-state index contributed by atoms with van der Waals surface area (Å²) in [6.07, 6.45) is 2.83. The molecule has 7 nitrogen and oxygen atoms in total. The van der Waals surface area contributed by atoms with Crippen LogP contribution >= 0.6 is 11.8 Å². The number of rotatable bonds is 10. The summed E-state index contributed by atoms with van der Waals surface area (Å²) in [6.45, 7) is 5.32.